The van der Waals surface area contributed by atoms with Gasteiger partial charge in [-0.2, -0.15) is 0 Å². The number of carbonyl (C=O) groups is 21. The minimum absolute atomic E-state index is 0.00236. The van der Waals surface area contributed by atoms with Crippen molar-refractivity contribution in [1.82, 2.24) is 63.8 Å². The lowest BCUT2D eigenvalue weighted by Gasteiger charge is -2.25. The quantitative estimate of drug-likeness (QED) is 0.0175. The summed E-state index contributed by atoms with van der Waals surface area (Å²) >= 11 is 0. The van der Waals surface area contributed by atoms with Crippen LogP contribution in [0.2, 0.25) is 0 Å². The summed E-state index contributed by atoms with van der Waals surface area (Å²) in [6, 6.07) is -2.16. The van der Waals surface area contributed by atoms with Gasteiger partial charge in [0.1, 0.15) is 55.4 Å². The van der Waals surface area contributed by atoms with Crippen LogP contribution in [0, 0.1) is 47.3 Å². The molecule has 8 unspecified atom stereocenters. The van der Waals surface area contributed by atoms with E-state index in [0.29, 0.717) is 56.9 Å². The van der Waals surface area contributed by atoms with Gasteiger partial charge in [0, 0.05) is 103 Å². The minimum atomic E-state index is -1.77. The summed E-state index contributed by atoms with van der Waals surface area (Å²) in [7, 11) is 0. The number of hydrogen-bond donors (Lipinski definition) is 13. The zero-order chi connectivity index (χ0) is 111. The van der Waals surface area contributed by atoms with Crippen LogP contribution in [-0.4, -0.2) is 259 Å². The first-order chi connectivity index (χ1) is 70.1. The van der Waals surface area contributed by atoms with Crippen LogP contribution in [0.4, 0.5) is 0 Å². The Morgan fingerprint density at radius 3 is 0.777 bits per heavy atom. The molecule has 0 radical (unpaired) electrons. The van der Waals surface area contributed by atoms with Gasteiger partial charge in [-0.15, -0.1) is 0 Å². The summed E-state index contributed by atoms with van der Waals surface area (Å²) in [5.41, 5.74) is 7.08. The molecule has 43 heteroatoms. The summed E-state index contributed by atoms with van der Waals surface area (Å²) in [6.07, 6.45) is -0.753. The van der Waals surface area contributed by atoms with Crippen LogP contribution in [0.15, 0.2) is 30.3 Å². The van der Waals surface area contributed by atoms with Crippen molar-refractivity contribution in [1.29, 1.82) is 0 Å². The van der Waals surface area contributed by atoms with E-state index in [-0.39, 0.29) is 261 Å². The lowest BCUT2D eigenvalue weighted by Crippen LogP contribution is -2.56. The van der Waals surface area contributed by atoms with Crippen molar-refractivity contribution >= 4 is 125 Å². The van der Waals surface area contributed by atoms with Gasteiger partial charge >= 0.3 is 53.7 Å². The largest absolute Gasteiger partial charge is 0.465 e. The van der Waals surface area contributed by atoms with Gasteiger partial charge in [-0.3, -0.25) is 81.5 Å². The van der Waals surface area contributed by atoms with Crippen LogP contribution in [-0.2, 0) is 150 Å². The van der Waals surface area contributed by atoms with Crippen molar-refractivity contribution in [2.45, 2.75) is 371 Å². The Morgan fingerprint density at radius 1 is 0.223 bits per heavy atom. The maximum absolute atomic E-state index is 15.0. The summed E-state index contributed by atoms with van der Waals surface area (Å²) < 4.78 is 47.9. The molecule has 0 bridgehead atoms. The van der Waals surface area contributed by atoms with E-state index in [4.69, 9.17) is 48.4 Å². The number of rotatable bonds is 83. The molecule has 8 atom stereocenters. The molecule has 0 spiro atoms. The molecule has 0 aromatic heterocycles. The first kappa shape index (κ1) is 134. The van der Waals surface area contributed by atoms with Gasteiger partial charge in [0.05, 0.1) is 58.9 Å². The van der Waals surface area contributed by atoms with Gasteiger partial charge in [-0.1, -0.05) is 167 Å². The smallest absolute Gasteiger partial charge is 0.328 e. The van der Waals surface area contributed by atoms with Crippen LogP contribution >= 0.6 is 0 Å². The van der Waals surface area contributed by atoms with Crippen LogP contribution in [0.5, 0.6) is 0 Å². The van der Waals surface area contributed by atoms with Crippen molar-refractivity contribution in [2.75, 3.05) is 85.6 Å². The predicted molar refractivity (Wildman–Crippen MR) is 547 cm³/mol. The fourth-order valence-electron chi connectivity index (χ4n) is 13.4. The molecule has 14 N–H and O–H groups in total. The number of hydrogen-bond acceptors (Lipinski definition) is 31. The van der Waals surface area contributed by atoms with Gasteiger partial charge in [0.25, 0.3) is 0 Å². The van der Waals surface area contributed by atoms with E-state index >= 15 is 4.79 Å². The molecular formula is C105H175N13O30. The second kappa shape index (κ2) is 80.1. The molecule has 1 aromatic rings. The Bertz CT molecular complexity index is 4200. The number of ether oxygens (including phenoxy) is 9. The zero-order valence-electron chi connectivity index (χ0n) is 90.5. The SMILES string of the molecule is CC(C)COC(=O)CCC(NC(=O)CCCCCNC(=O)CCC(NC(=O)CCC(NC(=O)C(N)CCC(=O)NCC(=O)OCc1ccccc1)C(=O)NC(CCC(=O)NCCCCCC(=O)NC(CCC(=O)OCC(C)C)C(=O)OCC(C)C)C(=O)NCCCCCC(=O)NC(CCC(=O)OCC(C)C)C(=O)OCC(C)C)C(=O)NCCCCCC(=O)NC(CCC(=O)OCC(C)C)C(=O)OCC(C)C)C(=O)OCC(C)C. The molecule has 0 fully saturated rings. The third-order valence-electron chi connectivity index (χ3n) is 21.7. The standard InChI is InChI=1S/C105H175N13O30/c1-68(2)59-140-93(127)50-42-81(102(136)145-63-72(9)10)113-88(122)34-24-18-28-54-107-85(119)47-39-78(99(133)109-56-30-20-26-36-90(124)115-83(104(138)147-65-74(13)14)44-52-95(129)142-61-70(5)6)112-92(126)49-41-80(117-98(132)77(106)38-46-87(121)111-58-97(131)144-67-76-32-22-17-23-33-76)101(135)118-79(100(134)110-57-31-21-27-37-91(125)116-84(105(139)148-66-75(15)16)45-53-96(130)143-62-71(7)8)40-48-86(120)108-55-29-19-25-35-89(123)114-82(103(137)146-64-73(11)12)43-51-94(128)141-60-69(3)4/h17,22-23,32-33,68-75,77-84H,18-21,24-31,34-67,106H2,1-16H3,(H,107,119)(H,108,120)(H,109,133)(H,110,134)(H,111,121)(H,112,126)(H,113,122)(H,114,123)(H,115,124)(H,116,125)(H,117,132)(H,118,135). The summed E-state index contributed by atoms with van der Waals surface area (Å²) in [5, 5.41) is 31.9. The Kier molecular flexibility index (Phi) is 72.6. The van der Waals surface area contributed by atoms with Crippen molar-refractivity contribution in [2.24, 2.45) is 53.1 Å². The second-order valence-corrected chi connectivity index (χ2v) is 40.5. The van der Waals surface area contributed by atoms with Gasteiger partial charge in [-0.25, -0.2) is 19.2 Å². The lowest BCUT2D eigenvalue weighted by molar-refractivity contribution is -0.151. The van der Waals surface area contributed by atoms with Crippen LogP contribution in [0.25, 0.3) is 0 Å². The number of nitrogens with two attached hydrogens (primary N) is 1. The Morgan fingerprint density at radius 2 is 0.466 bits per heavy atom. The maximum Gasteiger partial charge on any atom is 0.328 e. The Balaban J connectivity index is 3.83. The third-order valence-corrected chi connectivity index (χ3v) is 21.7. The molecule has 1 aromatic carbocycles. The molecule has 1 rings (SSSR count). The number of unbranched alkanes of at least 4 members (excludes halogenated alkanes) is 8. The average molecular weight is 2100 g/mol. The Labute approximate surface area is 873 Å². The highest BCUT2D eigenvalue weighted by Crippen LogP contribution is 2.17. The molecule has 0 heterocycles. The van der Waals surface area contributed by atoms with Crippen LogP contribution < -0.4 is 69.5 Å². The van der Waals surface area contributed by atoms with Crippen LogP contribution in [0.3, 0.4) is 0 Å². The second-order valence-electron chi connectivity index (χ2n) is 40.5. The lowest BCUT2D eigenvalue weighted by atomic mass is 10.0. The van der Waals surface area contributed by atoms with Gasteiger partial charge < -0.3 is 112 Å². The van der Waals surface area contributed by atoms with Gasteiger partial charge in [0.2, 0.25) is 70.9 Å². The molecule has 0 aliphatic heterocycles. The topological polar surface area (TPSA) is 612 Å². The summed E-state index contributed by atoms with van der Waals surface area (Å²) in [5.74, 6) is -14.1. The molecular weight excluding hydrogens is 1920 g/mol. The summed E-state index contributed by atoms with van der Waals surface area (Å²) in [4.78, 5) is 281. The molecule has 0 saturated heterocycles. The van der Waals surface area contributed by atoms with Gasteiger partial charge in [0.15, 0.2) is 0 Å². The van der Waals surface area contributed by atoms with E-state index in [1.165, 1.54) is 0 Å². The highest BCUT2D eigenvalue weighted by atomic mass is 16.6. The zero-order valence-corrected chi connectivity index (χ0v) is 90.5. The Hall–Kier alpha value is -11.9. The van der Waals surface area contributed by atoms with Crippen molar-refractivity contribution in [3.63, 3.8) is 0 Å². The van der Waals surface area contributed by atoms with Gasteiger partial charge in [-0.05, 0) is 156 Å². The molecule has 0 aliphatic rings. The van der Waals surface area contributed by atoms with E-state index in [2.05, 4.69) is 63.8 Å². The van der Waals surface area contributed by atoms with Crippen molar-refractivity contribution in [3.8, 4) is 0 Å². The fraction of sp³-hybridized carbons (Fsp3) is 0.743. The number of nitrogens with one attached hydrogen (secondary N) is 12. The highest BCUT2D eigenvalue weighted by molar-refractivity contribution is 5.95. The predicted octanol–water partition coefficient (Wildman–Crippen LogP) is 7.11. The van der Waals surface area contributed by atoms with Crippen molar-refractivity contribution in [3.05, 3.63) is 35.9 Å². The molecule has 0 saturated carbocycles. The molecule has 43 nitrogen and oxygen atoms in total. The first-order valence-corrected chi connectivity index (χ1v) is 52.8. The maximum atomic E-state index is 15.0. The number of carbonyl (C=O) groups excluding carboxylic acids is 21. The monoisotopic (exact) mass is 2100 g/mol. The number of benzene rings is 1. The highest BCUT2D eigenvalue weighted by Gasteiger charge is 2.34. The van der Waals surface area contributed by atoms with Crippen molar-refractivity contribution < 1.29 is 143 Å². The minimum Gasteiger partial charge on any atom is -0.465 e. The molecule has 148 heavy (non-hydrogen) atoms. The fourth-order valence-corrected chi connectivity index (χ4v) is 13.4. The molecule has 12 amide bonds. The normalized spacial score (nSPS) is 12.8. The molecule has 840 valence electrons. The van der Waals surface area contributed by atoms with E-state index in [0.717, 1.165) is 0 Å². The van der Waals surface area contributed by atoms with E-state index in [1.54, 1.807) is 30.3 Å². The van der Waals surface area contributed by atoms with E-state index in [1.807, 2.05) is 111 Å². The molecule has 0 aliphatic carbocycles. The van der Waals surface area contributed by atoms with E-state index in [9.17, 15) is 95.9 Å². The first-order valence-electron chi connectivity index (χ1n) is 52.8. The number of esters is 9. The van der Waals surface area contributed by atoms with E-state index < -0.39 is 205 Å². The number of amides is 12. The average Bonchev–Trinajstić information content (AvgIpc) is 0.866. The van der Waals surface area contributed by atoms with Crippen LogP contribution in [0.1, 0.15) is 322 Å². The summed E-state index contributed by atoms with van der Waals surface area (Å²) in [6.45, 7) is 30.1. The third kappa shape index (κ3) is 71.6.